The summed E-state index contributed by atoms with van der Waals surface area (Å²) < 4.78 is 27.9. The fraction of sp³-hybridized carbons (Fsp3) is 0.538. The van der Waals surface area contributed by atoms with Crippen molar-refractivity contribution in [3.63, 3.8) is 0 Å². The Bertz CT molecular complexity index is 695. The monoisotopic (exact) mass is 329 g/mol. The molecule has 1 fully saturated rings. The van der Waals surface area contributed by atoms with Crippen molar-refractivity contribution < 1.29 is 23.1 Å². The quantitative estimate of drug-likeness (QED) is 0.800. The van der Waals surface area contributed by atoms with Crippen molar-refractivity contribution in [1.82, 2.24) is 14.2 Å². The van der Waals surface area contributed by atoms with Gasteiger partial charge in [-0.3, -0.25) is 9.59 Å². The van der Waals surface area contributed by atoms with Gasteiger partial charge in [-0.25, -0.2) is 8.42 Å². The number of aliphatic carboxylic acids is 1. The van der Waals surface area contributed by atoms with Crippen molar-refractivity contribution in [1.29, 1.82) is 0 Å². The maximum atomic E-state index is 12.6. The molecule has 0 aliphatic carbocycles. The Morgan fingerprint density at radius 2 is 2.09 bits per heavy atom. The highest BCUT2D eigenvalue weighted by atomic mass is 32.2. The maximum Gasteiger partial charge on any atom is 0.307 e. The van der Waals surface area contributed by atoms with Crippen LogP contribution in [-0.4, -0.2) is 54.4 Å². The molecule has 1 atom stereocenters. The van der Waals surface area contributed by atoms with Gasteiger partial charge in [0.2, 0.25) is 10.0 Å². The van der Waals surface area contributed by atoms with Crippen LogP contribution in [0, 0.1) is 5.92 Å². The number of carbonyl (C=O) groups is 2. The summed E-state index contributed by atoms with van der Waals surface area (Å²) in [6, 6.07) is 1.30. The molecule has 0 spiro atoms. The lowest BCUT2D eigenvalue weighted by molar-refractivity contribution is -0.142. The number of carbonyl (C=O) groups excluding carboxylic acids is 1. The summed E-state index contributed by atoms with van der Waals surface area (Å²) in [6.45, 7) is 0.248. The first-order valence-corrected chi connectivity index (χ1v) is 8.32. The molecule has 8 nitrogen and oxygen atoms in total. The second-order valence-corrected chi connectivity index (χ2v) is 7.23. The molecule has 1 amide bonds. The molecule has 1 aliphatic heterocycles. The summed E-state index contributed by atoms with van der Waals surface area (Å²) in [4.78, 5) is 22.7. The van der Waals surface area contributed by atoms with Crippen LogP contribution in [0.4, 0.5) is 0 Å². The molecule has 0 aromatic carbocycles. The summed E-state index contributed by atoms with van der Waals surface area (Å²) in [5.74, 6) is -2.06. The molecule has 9 heteroatoms. The zero-order chi connectivity index (χ0) is 16.5. The molecular weight excluding hydrogens is 310 g/mol. The largest absolute Gasteiger partial charge is 0.481 e. The number of carboxylic acid groups (broad SMARTS) is 1. The van der Waals surface area contributed by atoms with Gasteiger partial charge < -0.3 is 15.0 Å². The molecule has 1 unspecified atom stereocenters. The van der Waals surface area contributed by atoms with Crippen molar-refractivity contribution >= 4 is 21.9 Å². The average Bonchev–Trinajstić information content (AvgIpc) is 2.89. The van der Waals surface area contributed by atoms with Crippen LogP contribution in [0.15, 0.2) is 17.2 Å². The van der Waals surface area contributed by atoms with Crippen LogP contribution in [0.3, 0.4) is 0 Å². The SMILES string of the molecule is CNC(=O)c1cc(S(=O)(=O)N2CCCC(C(=O)O)C2)cn1C. The fourth-order valence-electron chi connectivity index (χ4n) is 2.54. The Morgan fingerprint density at radius 1 is 1.41 bits per heavy atom. The molecule has 122 valence electrons. The van der Waals surface area contributed by atoms with E-state index >= 15 is 0 Å². The summed E-state index contributed by atoms with van der Waals surface area (Å²) in [5.41, 5.74) is 0.230. The van der Waals surface area contributed by atoms with E-state index in [0.29, 0.717) is 12.8 Å². The van der Waals surface area contributed by atoms with Gasteiger partial charge in [-0.15, -0.1) is 0 Å². The predicted octanol–water partition coefficient (Wildman–Crippen LogP) is -0.130. The lowest BCUT2D eigenvalue weighted by atomic mass is 10.0. The van der Waals surface area contributed by atoms with Crippen LogP contribution in [0.1, 0.15) is 23.3 Å². The van der Waals surface area contributed by atoms with Crippen molar-refractivity contribution in [3.8, 4) is 0 Å². The van der Waals surface area contributed by atoms with Crippen LogP contribution in [0.2, 0.25) is 0 Å². The smallest absolute Gasteiger partial charge is 0.307 e. The lowest BCUT2D eigenvalue weighted by Crippen LogP contribution is -2.42. The molecule has 2 rings (SSSR count). The fourth-order valence-corrected chi connectivity index (χ4v) is 4.14. The summed E-state index contributed by atoms with van der Waals surface area (Å²) in [6.07, 6.45) is 2.34. The Morgan fingerprint density at radius 3 is 2.68 bits per heavy atom. The van der Waals surface area contributed by atoms with E-state index in [1.807, 2.05) is 0 Å². The predicted molar refractivity (Wildman–Crippen MR) is 77.9 cm³/mol. The molecule has 0 saturated carbocycles. The van der Waals surface area contributed by atoms with E-state index in [4.69, 9.17) is 5.11 Å². The number of amides is 1. The van der Waals surface area contributed by atoms with Gasteiger partial charge in [0.25, 0.3) is 5.91 Å². The van der Waals surface area contributed by atoms with Crippen LogP contribution < -0.4 is 5.32 Å². The molecule has 1 aromatic rings. The molecule has 0 radical (unpaired) electrons. The second kappa shape index (κ2) is 6.09. The topological polar surface area (TPSA) is 109 Å². The highest BCUT2D eigenvalue weighted by Gasteiger charge is 2.34. The number of aryl methyl sites for hydroxylation is 1. The van der Waals surface area contributed by atoms with E-state index in [0.717, 1.165) is 0 Å². The zero-order valence-corrected chi connectivity index (χ0v) is 13.3. The highest BCUT2D eigenvalue weighted by molar-refractivity contribution is 7.89. The van der Waals surface area contributed by atoms with E-state index in [1.165, 1.54) is 28.2 Å². The summed E-state index contributed by atoms with van der Waals surface area (Å²) in [5, 5.41) is 11.5. The summed E-state index contributed by atoms with van der Waals surface area (Å²) >= 11 is 0. The van der Waals surface area contributed by atoms with E-state index in [-0.39, 0.29) is 29.6 Å². The number of rotatable bonds is 4. The van der Waals surface area contributed by atoms with Gasteiger partial charge in [-0.1, -0.05) is 0 Å². The zero-order valence-electron chi connectivity index (χ0n) is 12.4. The van der Waals surface area contributed by atoms with Crippen molar-refractivity contribution in [2.45, 2.75) is 17.7 Å². The number of hydrogen-bond acceptors (Lipinski definition) is 4. The molecule has 2 heterocycles. The Kier molecular flexibility index (Phi) is 4.57. The van der Waals surface area contributed by atoms with E-state index in [2.05, 4.69) is 5.32 Å². The molecule has 1 aliphatic rings. The van der Waals surface area contributed by atoms with E-state index in [1.54, 1.807) is 7.05 Å². The number of nitrogens with one attached hydrogen (secondary N) is 1. The minimum Gasteiger partial charge on any atom is -0.481 e. The van der Waals surface area contributed by atoms with Crippen molar-refractivity contribution in [3.05, 3.63) is 18.0 Å². The van der Waals surface area contributed by atoms with Gasteiger partial charge in [0.05, 0.1) is 5.92 Å². The lowest BCUT2D eigenvalue weighted by Gasteiger charge is -2.29. The Hall–Kier alpha value is -1.87. The van der Waals surface area contributed by atoms with Crippen LogP contribution in [-0.2, 0) is 21.9 Å². The van der Waals surface area contributed by atoms with Crippen LogP contribution >= 0.6 is 0 Å². The number of piperidine rings is 1. The second-order valence-electron chi connectivity index (χ2n) is 5.29. The first-order valence-electron chi connectivity index (χ1n) is 6.88. The molecule has 1 aromatic heterocycles. The van der Waals surface area contributed by atoms with Crippen LogP contribution in [0.5, 0.6) is 0 Å². The number of sulfonamides is 1. The number of carboxylic acids is 1. The molecule has 1 saturated heterocycles. The van der Waals surface area contributed by atoms with Gasteiger partial charge in [-0.2, -0.15) is 4.31 Å². The standard InChI is InChI=1S/C13H19N3O5S/c1-14-12(17)11-6-10(8-15(11)2)22(20,21)16-5-3-4-9(7-16)13(18)19/h6,8-9H,3-5,7H2,1-2H3,(H,14,17)(H,18,19). The third kappa shape index (κ3) is 3.00. The summed E-state index contributed by atoms with van der Waals surface area (Å²) in [7, 11) is -0.756. The number of hydrogen-bond donors (Lipinski definition) is 2. The van der Waals surface area contributed by atoms with Gasteiger partial charge >= 0.3 is 5.97 Å². The van der Waals surface area contributed by atoms with E-state index < -0.39 is 21.9 Å². The number of nitrogens with zero attached hydrogens (tertiary/aromatic N) is 2. The van der Waals surface area contributed by atoms with Crippen LogP contribution in [0.25, 0.3) is 0 Å². The highest BCUT2D eigenvalue weighted by Crippen LogP contribution is 2.25. The minimum atomic E-state index is -3.80. The molecular formula is C13H19N3O5S. The average molecular weight is 329 g/mol. The maximum absolute atomic E-state index is 12.6. The van der Waals surface area contributed by atoms with Crippen molar-refractivity contribution in [2.24, 2.45) is 13.0 Å². The number of aromatic nitrogens is 1. The molecule has 2 N–H and O–H groups in total. The van der Waals surface area contributed by atoms with Gasteiger partial charge in [0.1, 0.15) is 10.6 Å². The third-order valence-electron chi connectivity index (χ3n) is 3.81. The molecule has 22 heavy (non-hydrogen) atoms. The normalized spacial score (nSPS) is 19.8. The minimum absolute atomic E-state index is 0.000334. The van der Waals surface area contributed by atoms with Crippen molar-refractivity contribution in [2.75, 3.05) is 20.1 Å². The Balaban J connectivity index is 2.30. The Labute approximate surface area is 128 Å². The molecule has 0 bridgehead atoms. The van der Waals surface area contributed by atoms with Gasteiger partial charge in [0.15, 0.2) is 0 Å². The first kappa shape index (κ1) is 16.5. The van der Waals surface area contributed by atoms with Gasteiger partial charge in [-0.05, 0) is 18.9 Å². The van der Waals surface area contributed by atoms with E-state index in [9.17, 15) is 18.0 Å². The first-order chi connectivity index (χ1) is 10.3. The third-order valence-corrected chi connectivity index (χ3v) is 5.64. The van der Waals surface area contributed by atoms with Gasteiger partial charge in [0, 0.05) is 33.4 Å².